The fourth-order valence-electron chi connectivity index (χ4n) is 3.71. The van der Waals surface area contributed by atoms with Gasteiger partial charge in [-0.15, -0.1) is 29.0 Å². The van der Waals surface area contributed by atoms with E-state index in [1.54, 1.807) is 0 Å². The Bertz CT molecular complexity index is 279. The monoisotopic (exact) mass is 350 g/mol. The summed E-state index contributed by atoms with van der Waals surface area (Å²) >= 11 is 0. The normalized spacial score (nSPS) is 11.4. The molecule has 0 fully saturated rings. The molecule has 0 bridgehead atoms. The van der Waals surface area contributed by atoms with E-state index in [1.165, 1.54) is 83.2 Å². The van der Waals surface area contributed by atoms with Gasteiger partial charge in [0.15, 0.2) is 0 Å². The Kier molecular flexibility index (Phi) is 17.2. The second-order valence-corrected chi connectivity index (χ2v) is 7.98. The van der Waals surface area contributed by atoms with Crippen LogP contribution in [0.2, 0.25) is 0 Å². The molecule has 0 N–H and O–H groups in total. The fourth-order valence-corrected chi connectivity index (χ4v) is 4.00. The fraction of sp³-hybridized carbons (Fsp3) is 0.739. The Labute approximate surface area is 155 Å². The summed E-state index contributed by atoms with van der Waals surface area (Å²) in [7, 11) is 2.83. The van der Waals surface area contributed by atoms with Crippen molar-refractivity contribution in [2.75, 3.05) is 6.16 Å². The van der Waals surface area contributed by atoms with Crippen molar-refractivity contribution in [3.63, 3.8) is 0 Å². The first-order chi connectivity index (χ1) is 11.7. The van der Waals surface area contributed by atoms with Gasteiger partial charge in [-0.3, -0.25) is 0 Å². The van der Waals surface area contributed by atoms with Crippen LogP contribution in [-0.4, -0.2) is 6.16 Å². The van der Waals surface area contributed by atoms with Crippen LogP contribution >= 0.6 is 9.24 Å². The van der Waals surface area contributed by atoms with E-state index in [9.17, 15) is 0 Å². The van der Waals surface area contributed by atoms with Gasteiger partial charge in [0.25, 0.3) is 0 Å². The zero-order valence-electron chi connectivity index (χ0n) is 16.2. The maximum Gasteiger partial charge on any atom is -0.0194 e. The summed E-state index contributed by atoms with van der Waals surface area (Å²) in [5.41, 5.74) is 0.336. The highest BCUT2D eigenvalue weighted by atomic mass is 31.0. The highest BCUT2D eigenvalue weighted by Gasteiger charge is 2.25. The minimum absolute atomic E-state index is 0.336. The second kappa shape index (κ2) is 17.5. The topological polar surface area (TPSA) is 0 Å². The largest absolute Gasteiger partial charge is 0.138 e. The van der Waals surface area contributed by atoms with Crippen LogP contribution in [0.1, 0.15) is 96.3 Å². The lowest BCUT2D eigenvalue weighted by atomic mass is 9.74. The van der Waals surface area contributed by atoms with Gasteiger partial charge in [-0.05, 0) is 43.7 Å². The SMILES string of the molecule is C=CCC(CC=C)(CC=C)CCCCCCCCCCCCCP. The van der Waals surface area contributed by atoms with Crippen molar-refractivity contribution in [2.45, 2.75) is 96.3 Å². The van der Waals surface area contributed by atoms with Gasteiger partial charge in [0.2, 0.25) is 0 Å². The molecule has 0 radical (unpaired) electrons. The molecule has 0 aromatic heterocycles. The van der Waals surface area contributed by atoms with Crippen LogP contribution in [0.25, 0.3) is 0 Å². The van der Waals surface area contributed by atoms with Crippen molar-refractivity contribution >= 4 is 9.24 Å². The Hall–Kier alpha value is -0.350. The molecule has 0 aliphatic carbocycles. The van der Waals surface area contributed by atoms with E-state index in [1.807, 2.05) is 0 Å². The molecule has 0 aliphatic heterocycles. The molecule has 0 nitrogen and oxygen atoms in total. The highest BCUT2D eigenvalue weighted by molar-refractivity contribution is 7.16. The molecule has 1 unspecified atom stereocenters. The third-order valence-corrected chi connectivity index (χ3v) is 5.55. The quantitative estimate of drug-likeness (QED) is 0.125. The molecule has 1 heteroatoms. The maximum atomic E-state index is 3.95. The molecule has 0 saturated heterocycles. The number of unbranched alkanes of at least 4 members (excludes halogenated alkanes) is 10. The van der Waals surface area contributed by atoms with E-state index in [2.05, 4.69) is 47.2 Å². The molecule has 0 saturated carbocycles. The van der Waals surface area contributed by atoms with Crippen molar-refractivity contribution in [1.29, 1.82) is 0 Å². The van der Waals surface area contributed by atoms with Crippen molar-refractivity contribution in [3.8, 4) is 0 Å². The summed E-state index contributed by atoms with van der Waals surface area (Å²) in [4.78, 5) is 0. The van der Waals surface area contributed by atoms with E-state index >= 15 is 0 Å². The molecule has 24 heavy (non-hydrogen) atoms. The molecule has 140 valence electrons. The van der Waals surface area contributed by atoms with Gasteiger partial charge in [-0.2, -0.15) is 0 Å². The molecule has 0 rings (SSSR count). The van der Waals surface area contributed by atoms with Crippen LogP contribution in [0.4, 0.5) is 0 Å². The van der Waals surface area contributed by atoms with E-state index in [-0.39, 0.29) is 0 Å². The Balaban J connectivity index is 3.66. The first kappa shape index (κ1) is 23.6. The summed E-state index contributed by atoms with van der Waals surface area (Å²) < 4.78 is 0. The van der Waals surface area contributed by atoms with Crippen molar-refractivity contribution < 1.29 is 0 Å². The predicted octanol–water partition coefficient (Wildman–Crippen LogP) is 8.26. The Morgan fingerprint density at radius 3 is 1.21 bits per heavy atom. The van der Waals surface area contributed by atoms with E-state index in [0.29, 0.717) is 5.41 Å². The Morgan fingerprint density at radius 2 is 0.875 bits per heavy atom. The molecule has 0 spiro atoms. The van der Waals surface area contributed by atoms with Gasteiger partial charge < -0.3 is 0 Å². The van der Waals surface area contributed by atoms with Gasteiger partial charge >= 0.3 is 0 Å². The second-order valence-electron chi connectivity index (χ2n) is 7.41. The third-order valence-electron chi connectivity index (χ3n) is 5.14. The zero-order chi connectivity index (χ0) is 17.9. The van der Waals surface area contributed by atoms with E-state index < -0.39 is 0 Å². The van der Waals surface area contributed by atoms with Gasteiger partial charge in [-0.1, -0.05) is 82.4 Å². The molecule has 0 aromatic rings. The van der Waals surface area contributed by atoms with Crippen LogP contribution in [0.3, 0.4) is 0 Å². The highest BCUT2D eigenvalue weighted by Crippen LogP contribution is 2.38. The first-order valence-electron chi connectivity index (χ1n) is 10.3. The summed E-state index contributed by atoms with van der Waals surface area (Å²) in [5.74, 6) is 0. The number of hydrogen-bond donors (Lipinski definition) is 0. The van der Waals surface area contributed by atoms with Crippen molar-refractivity contribution in [3.05, 3.63) is 38.0 Å². The summed E-state index contributed by atoms with van der Waals surface area (Å²) in [6.45, 7) is 11.8. The summed E-state index contributed by atoms with van der Waals surface area (Å²) in [6, 6.07) is 0. The van der Waals surface area contributed by atoms with Gasteiger partial charge in [0, 0.05) is 0 Å². The van der Waals surface area contributed by atoms with Crippen LogP contribution in [-0.2, 0) is 0 Å². The first-order valence-corrected chi connectivity index (χ1v) is 11.1. The maximum absolute atomic E-state index is 3.95. The van der Waals surface area contributed by atoms with Crippen LogP contribution in [0.5, 0.6) is 0 Å². The minimum atomic E-state index is 0.336. The Morgan fingerprint density at radius 1 is 0.542 bits per heavy atom. The lowest BCUT2D eigenvalue weighted by Gasteiger charge is -2.31. The van der Waals surface area contributed by atoms with Gasteiger partial charge in [0.05, 0.1) is 0 Å². The number of allylic oxidation sites excluding steroid dienone is 3. The van der Waals surface area contributed by atoms with Crippen molar-refractivity contribution in [1.82, 2.24) is 0 Å². The average molecular weight is 351 g/mol. The van der Waals surface area contributed by atoms with E-state index in [4.69, 9.17) is 0 Å². The van der Waals surface area contributed by atoms with Gasteiger partial charge in [-0.25, -0.2) is 0 Å². The van der Waals surface area contributed by atoms with Crippen LogP contribution < -0.4 is 0 Å². The van der Waals surface area contributed by atoms with Crippen LogP contribution in [0.15, 0.2) is 38.0 Å². The summed E-state index contributed by atoms with van der Waals surface area (Å²) in [5, 5.41) is 0. The average Bonchev–Trinajstić information content (AvgIpc) is 2.56. The number of hydrogen-bond acceptors (Lipinski definition) is 0. The predicted molar refractivity (Wildman–Crippen MR) is 117 cm³/mol. The molecule has 1 atom stereocenters. The van der Waals surface area contributed by atoms with Gasteiger partial charge in [0.1, 0.15) is 0 Å². The molecular weight excluding hydrogens is 307 g/mol. The smallest absolute Gasteiger partial charge is 0.0194 e. The molecular formula is C23H43P. The zero-order valence-corrected chi connectivity index (χ0v) is 17.4. The van der Waals surface area contributed by atoms with Crippen molar-refractivity contribution in [2.24, 2.45) is 5.41 Å². The molecule has 0 aromatic carbocycles. The van der Waals surface area contributed by atoms with Crippen LogP contribution in [0, 0.1) is 5.41 Å². The lowest BCUT2D eigenvalue weighted by Crippen LogP contribution is -2.18. The standard InChI is InChI=1S/C23H43P/c1-4-18-23(19-5-2,20-6-3)21-16-14-12-10-8-7-9-11-13-15-17-22-24/h4-6H,1-3,7-22,24H2. The minimum Gasteiger partial charge on any atom is -0.138 e. The van der Waals surface area contributed by atoms with E-state index in [0.717, 1.165) is 19.3 Å². The molecule has 0 aliphatic rings. The molecule has 0 amide bonds. The lowest BCUT2D eigenvalue weighted by molar-refractivity contribution is 0.260. The molecule has 0 heterocycles. The third kappa shape index (κ3) is 13.0. The number of rotatable bonds is 19. The summed E-state index contributed by atoms with van der Waals surface area (Å²) in [6.07, 6.45) is 27.6.